The van der Waals surface area contributed by atoms with E-state index in [4.69, 9.17) is 9.47 Å². The molecular weight excluding hydrogens is 582 g/mol. The fraction of sp³-hybridized carbons (Fsp3) is 0.351. The highest BCUT2D eigenvalue weighted by Gasteiger charge is 2.51. The summed E-state index contributed by atoms with van der Waals surface area (Å²) in [6.07, 6.45) is 9.04. The summed E-state index contributed by atoms with van der Waals surface area (Å²) in [5, 5.41) is 5.08. The largest absolute Gasteiger partial charge is 0.493 e. The number of hydrogen-bond donors (Lipinski definition) is 2. The van der Waals surface area contributed by atoms with Gasteiger partial charge in [0.25, 0.3) is 17.7 Å². The van der Waals surface area contributed by atoms with Gasteiger partial charge >= 0.3 is 6.03 Å². The summed E-state index contributed by atoms with van der Waals surface area (Å²) in [7, 11) is 1.46. The Bertz CT molecular complexity index is 1710. The van der Waals surface area contributed by atoms with Gasteiger partial charge in [0.2, 0.25) is 0 Å². The minimum absolute atomic E-state index is 0.181. The standard InChI is InChI=1S/C37H37N3O6/c1-22-6-10-28(11-7-22)38-32(41)21-46-33-26(4-3-5-31(33)45-2)17-30-34(42)39-36(44)40(35(30)43)29-12-8-27(9-13-29)37-18-23-14-24(19-37)16-25(15-23)20-37/h3-13,17,23-25H,14-16,18-21H2,1-2H3,(H,38,41)(H,39,42,44)/b30-17+. The molecule has 236 valence electrons. The average molecular weight is 620 g/mol. The van der Waals surface area contributed by atoms with Gasteiger partial charge in [-0.05, 0) is 111 Å². The molecule has 1 saturated heterocycles. The SMILES string of the molecule is COc1cccc(/C=C2\C(=O)NC(=O)N(c3ccc(C45CC6CC(CC(C6)C4)C5)cc3)C2=O)c1OCC(=O)Nc1ccc(C)cc1. The number of methoxy groups -OCH3 is 1. The van der Waals surface area contributed by atoms with Gasteiger partial charge in [0.05, 0.1) is 12.8 Å². The Kier molecular flexibility index (Phi) is 7.63. The molecule has 5 amide bonds. The molecule has 0 unspecified atom stereocenters. The number of barbiturate groups is 1. The molecule has 0 radical (unpaired) electrons. The summed E-state index contributed by atoms with van der Waals surface area (Å²) in [6, 6.07) is 19.3. The lowest BCUT2D eigenvalue weighted by Gasteiger charge is -2.57. The van der Waals surface area contributed by atoms with E-state index in [1.165, 1.54) is 57.3 Å². The first-order valence-electron chi connectivity index (χ1n) is 15.9. The van der Waals surface area contributed by atoms with E-state index in [2.05, 4.69) is 22.8 Å². The van der Waals surface area contributed by atoms with Crippen molar-refractivity contribution in [3.05, 3.63) is 89.0 Å². The lowest BCUT2D eigenvalue weighted by Crippen LogP contribution is -2.54. The molecule has 9 heteroatoms. The summed E-state index contributed by atoms with van der Waals surface area (Å²) in [4.78, 5) is 53.4. The lowest BCUT2D eigenvalue weighted by molar-refractivity contribution is -0.122. The minimum atomic E-state index is -0.817. The van der Waals surface area contributed by atoms with E-state index in [-0.39, 0.29) is 23.3 Å². The maximum absolute atomic E-state index is 13.8. The van der Waals surface area contributed by atoms with Gasteiger partial charge < -0.3 is 14.8 Å². The Balaban J connectivity index is 1.12. The van der Waals surface area contributed by atoms with Crippen molar-refractivity contribution in [1.82, 2.24) is 5.32 Å². The van der Waals surface area contributed by atoms with E-state index in [0.29, 0.717) is 22.7 Å². The summed E-state index contributed by atoms with van der Waals surface area (Å²) < 4.78 is 11.3. The first-order chi connectivity index (χ1) is 22.2. The topological polar surface area (TPSA) is 114 Å². The van der Waals surface area contributed by atoms with Crippen molar-refractivity contribution >= 4 is 41.2 Å². The molecule has 5 aliphatic rings. The van der Waals surface area contributed by atoms with Crippen molar-refractivity contribution < 1.29 is 28.7 Å². The van der Waals surface area contributed by atoms with Crippen LogP contribution < -0.4 is 25.0 Å². The quantitative estimate of drug-likeness (QED) is 0.231. The number of nitrogens with one attached hydrogen (secondary N) is 2. The van der Waals surface area contributed by atoms with Crippen LogP contribution in [0, 0.1) is 24.7 Å². The molecule has 8 rings (SSSR count). The summed E-state index contributed by atoms with van der Waals surface area (Å²) in [5.41, 5.74) is 3.64. The van der Waals surface area contributed by atoms with Gasteiger partial charge in [-0.25, -0.2) is 9.69 Å². The zero-order valence-electron chi connectivity index (χ0n) is 26.0. The molecular formula is C37H37N3O6. The molecule has 5 fully saturated rings. The highest BCUT2D eigenvalue weighted by Crippen LogP contribution is 2.60. The van der Waals surface area contributed by atoms with Gasteiger partial charge in [-0.2, -0.15) is 0 Å². The molecule has 1 heterocycles. The number of aryl methyl sites for hydroxylation is 1. The van der Waals surface area contributed by atoms with Crippen LogP contribution in [0.4, 0.5) is 16.2 Å². The second-order valence-electron chi connectivity index (χ2n) is 13.3. The number of hydrogen-bond acceptors (Lipinski definition) is 6. The lowest BCUT2D eigenvalue weighted by atomic mass is 9.48. The number of carbonyl (C=O) groups is 4. The minimum Gasteiger partial charge on any atom is -0.493 e. The number of ether oxygens (including phenoxy) is 2. The number of urea groups is 1. The van der Waals surface area contributed by atoms with Gasteiger partial charge in [0, 0.05) is 11.3 Å². The van der Waals surface area contributed by atoms with E-state index >= 15 is 0 Å². The molecule has 0 atom stereocenters. The number of nitrogens with zero attached hydrogens (tertiary/aromatic N) is 1. The van der Waals surface area contributed by atoms with Crippen LogP contribution in [0.2, 0.25) is 0 Å². The molecule has 1 aliphatic heterocycles. The van der Waals surface area contributed by atoms with E-state index in [0.717, 1.165) is 28.2 Å². The predicted molar refractivity (Wildman–Crippen MR) is 174 cm³/mol. The first kappa shape index (κ1) is 29.8. The van der Waals surface area contributed by atoms with Crippen LogP contribution in [-0.4, -0.2) is 37.5 Å². The third kappa shape index (κ3) is 5.55. The van der Waals surface area contributed by atoms with Crippen molar-refractivity contribution in [3.63, 3.8) is 0 Å². The molecule has 4 saturated carbocycles. The van der Waals surface area contributed by atoms with Crippen LogP contribution in [-0.2, 0) is 19.8 Å². The normalized spacial score (nSPS) is 25.9. The van der Waals surface area contributed by atoms with Crippen LogP contribution in [0.15, 0.2) is 72.3 Å². The van der Waals surface area contributed by atoms with Gasteiger partial charge in [0.1, 0.15) is 5.57 Å². The Morgan fingerprint density at radius 1 is 0.935 bits per heavy atom. The molecule has 2 N–H and O–H groups in total. The van der Waals surface area contributed by atoms with Crippen LogP contribution in [0.5, 0.6) is 11.5 Å². The second kappa shape index (κ2) is 11.8. The fourth-order valence-electron chi connectivity index (χ4n) is 8.41. The van der Waals surface area contributed by atoms with Gasteiger partial charge in [0.15, 0.2) is 18.1 Å². The third-order valence-electron chi connectivity index (χ3n) is 10.1. The van der Waals surface area contributed by atoms with Crippen LogP contribution in [0.1, 0.15) is 55.2 Å². The molecule has 46 heavy (non-hydrogen) atoms. The van der Waals surface area contributed by atoms with Crippen LogP contribution >= 0.6 is 0 Å². The van der Waals surface area contributed by atoms with Gasteiger partial charge in [-0.3, -0.25) is 19.7 Å². The number of benzene rings is 3. The number of carbonyl (C=O) groups excluding carboxylic acids is 4. The van der Waals surface area contributed by atoms with Gasteiger partial charge in [-0.15, -0.1) is 0 Å². The number of imide groups is 2. The van der Waals surface area contributed by atoms with Gasteiger partial charge in [-0.1, -0.05) is 42.0 Å². The monoisotopic (exact) mass is 619 g/mol. The first-order valence-corrected chi connectivity index (χ1v) is 15.9. The van der Waals surface area contributed by atoms with Crippen LogP contribution in [0.25, 0.3) is 6.08 Å². The summed E-state index contributed by atoms with van der Waals surface area (Å²) >= 11 is 0. The van der Waals surface area contributed by atoms with E-state index in [1.54, 1.807) is 30.3 Å². The van der Waals surface area contributed by atoms with Crippen molar-refractivity contribution in [2.75, 3.05) is 23.9 Å². The zero-order valence-corrected chi connectivity index (χ0v) is 26.0. The fourth-order valence-corrected chi connectivity index (χ4v) is 8.41. The molecule has 9 nitrogen and oxygen atoms in total. The maximum atomic E-state index is 13.8. The predicted octanol–water partition coefficient (Wildman–Crippen LogP) is 6.16. The Labute approximate surface area is 267 Å². The molecule has 4 aliphatic carbocycles. The number of para-hydroxylation sites is 1. The molecule has 3 aromatic rings. The maximum Gasteiger partial charge on any atom is 0.335 e. The number of anilines is 2. The molecule has 0 aromatic heterocycles. The summed E-state index contributed by atoms with van der Waals surface area (Å²) in [5.74, 6) is 0.930. The smallest absolute Gasteiger partial charge is 0.335 e. The molecule has 0 spiro atoms. The van der Waals surface area contributed by atoms with Crippen molar-refractivity contribution in [3.8, 4) is 11.5 Å². The second-order valence-corrected chi connectivity index (χ2v) is 13.3. The highest BCUT2D eigenvalue weighted by atomic mass is 16.5. The number of amides is 5. The molecule has 3 aromatic carbocycles. The Hall–Kier alpha value is -4.92. The zero-order chi connectivity index (χ0) is 32.0. The Morgan fingerprint density at radius 2 is 1.59 bits per heavy atom. The van der Waals surface area contributed by atoms with E-state index < -0.39 is 23.8 Å². The highest BCUT2D eigenvalue weighted by molar-refractivity contribution is 6.39. The summed E-state index contributed by atoms with van der Waals surface area (Å²) in [6.45, 7) is 1.61. The Morgan fingerprint density at radius 3 is 2.22 bits per heavy atom. The average Bonchev–Trinajstić information content (AvgIpc) is 3.03. The molecule has 4 bridgehead atoms. The van der Waals surface area contributed by atoms with Crippen molar-refractivity contribution in [2.45, 2.75) is 50.9 Å². The van der Waals surface area contributed by atoms with E-state index in [1.807, 2.05) is 31.2 Å². The van der Waals surface area contributed by atoms with Crippen LogP contribution in [0.3, 0.4) is 0 Å². The third-order valence-corrected chi connectivity index (χ3v) is 10.1. The van der Waals surface area contributed by atoms with Crippen molar-refractivity contribution in [1.29, 1.82) is 0 Å². The van der Waals surface area contributed by atoms with E-state index in [9.17, 15) is 19.2 Å². The van der Waals surface area contributed by atoms with Crippen molar-refractivity contribution in [2.24, 2.45) is 17.8 Å². The number of rotatable bonds is 8.